The lowest BCUT2D eigenvalue weighted by Crippen LogP contribution is -2.39. The maximum absolute atomic E-state index is 12.8. The summed E-state index contributed by atoms with van der Waals surface area (Å²) in [5.41, 5.74) is -0.0320. The third-order valence-electron chi connectivity index (χ3n) is 6.58. The summed E-state index contributed by atoms with van der Waals surface area (Å²) < 4.78 is 38.3. The molecule has 1 aromatic rings. The number of carbonyl (C=O) groups is 1. The number of nitrogens with zero attached hydrogens (tertiary/aromatic N) is 1. The van der Waals surface area contributed by atoms with E-state index in [0.29, 0.717) is 30.4 Å². The van der Waals surface area contributed by atoms with Crippen LogP contribution in [-0.4, -0.2) is 36.5 Å². The van der Waals surface area contributed by atoms with Crippen molar-refractivity contribution in [2.24, 2.45) is 17.8 Å². The zero-order chi connectivity index (χ0) is 19.0. The van der Waals surface area contributed by atoms with Crippen LogP contribution in [0.15, 0.2) is 24.3 Å². The number of nitrogens with one attached hydrogen (secondary N) is 1. The Morgan fingerprint density at radius 2 is 1.81 bits per heavy atom. The van der Waals surface area contributed by atoms with Gasteiger partial charge in [0.25, 0.3) is 0 Å². The van der Waals surface area contributed by atoms with Crippen LogP contribution >= 0.6 is 0 Å². The lowest BCUT2D eigenvalue weighted by atomic mass is 9.94. The van der Waals surface area contributed by atoms with Gasteiger partial charge in [-0.2, -0.15) is 13.2 Å². The molecule has 1 aliphatic heterocycles. The second kappa shape index (κ2) is 7.46. The minimum Gasteiger partial charge on any atom is -0.356 e. The van der Waals surface area contributed by atoms with Crippen LogP contribution in [0.5, 0.6) is 0 Å². The predicted octanol–water partition coefficient (Wildman–Crippen LogP) is 3.87. The smallest absolute Gasteiger partial charge is 0.356 e. The first-order valence-electron chi connectivity index (χ1n) is 10.1. The third kappa shape index (κ3) is 4.15. The monoisotopic (exact) mass is 380 g/mol. The van der Waals surface area contributed by atoms with E-state index < -0.39 is 11.7 Å². The molecule has 3 atom stereocenters. The highest BCUT2D eigenvalue weighted by molar-refractivity contribution is 5.82. The van der Waals surface area contributed by atoms with Gasteiger partial charge in [-0.15, -0.1) is 0 Å². The Hall–Kier alpha value is -1.56. The number of hydrogen-bond acceptors (Lipinski definition) is 2. The van der Waals surface area contributed by atoms with Crippen molar-refractivity contribution >= 4 is 5.91 Å². The number of likely N-dealkylation sites (tertiary alicyclic amines) is 1. The van der Waals surface area contributed by atoms with Crippen LogP contribution in [0.25, 0.3) is 0 Å². The van der Waals surface area contributed by atoms with Gasteiger partial charge in [-0.25, -0.2) is 0 Å². The minimum absolute atomic E-state index is 0.0836. The summed E-state index contributed by atoms with van der Waals surface area (Å²) >= 11 is 0. The number of benzene rings is 1. The van der Waals surface area contributed by atoms with E-state index in [2.05, 4.69) is 10.2 Å². The molecule has 0 spiro atoms. The average Bonchev–Trinajstić information content (AvgIpc) is 3.16. The average molecular weight is 380 g/mol. The molecule has 2 aliphatic carbocycles. The summed E-state index contributed by atoms with van der Waals surface area (Å²) in [6.07, 6.45) is 2.71. The topological polar surface area (TPSA) is 32.3 Å². The van der Waals surface area contributed by atoms with Gasteiger partial charge in [0.15, 0.2) is 0 Å². The standard InChI is InChI=1S/C21H27F3N2O/c22-21(23,24)15-6-4-5-14(11-15)9-10-25-20(27)19-17-12-26(13-18(17)19)16-7-2-1-3-8-16/h4-6,11,16-19H,1-3,7-10,12-13H2,(H,25,27)/t17-,18+,19?. The van der Waals surface area contributed by atoms with E-state index in [1.807, 2.05) is 0 Å². The van der Waals surface area contributed by atoms with Crippen molar-refractivity contribution in [3.05, 3.63) is 35.4 Å². The molecule has 1 amide bonds. The molecule has 1 unspecified atom stereocenters. The molecule has 1 heterocycles. The lowest BCUT2D eigenvalue weighted by molar-refractivity contribution is -0.137. The third-order valence-corrected chi connectivity index (χ3v) is 6.58. The summed E-state index contributed by atoms with van der Waals surface area (Å²) in [4.78, 5) is 15.0. The Balaban J connectivity index is 1.21. The zero-order valence-corrected chi connectivity index (χ0v) is 15.5. The van der Waals surface area contributed by atoms with Gasteiger partial charge < -0.3 is 5.32 Å². The molecular formula is C21H27F3N2O. The maximum Gasteiger partial charge on any atom is 0.416 e. The van der Waals surface area contributed by atoms with Crippen molar-refractivity contribution in [1.82, 2.24) is 10.2 Å². The van der Waals surface area contributed by atoms with Crippen LogP contribution in [0.4, 0.5) is 13.2 Å². The van der Waals surface area contributed by atoms with Gasteiger partial charge in [0.2, 0.25) is 5.91 Å². The highest BCUT2D eigenvalue weighted by Crippen LogP contribution is 2.52. The van der Waals surface area contributed by atoms with Crippen molar-refractivity contribution in [2.75, 3.05) is 19.6 Å². The van der Waals surface area contributed by atoms with Gasteiger partial charge >= 0.3 is 6.18 Å². The summed E-state index contributed by atoms with van der Waals surface area (Å²) in [5, 5.41) is 2.94. The zero-order valence-electron chi connectivity index (χ0n) is 15.5. The second-order valence-electron chi connectivity index (χ2n) is 8.34. The van der Waals surface area contributed by atoms with E-state index in [0.717, 1.165) is 25.2 Å². The van der Waals surface area contributed by atoms with E-state index in [-0.39, 0.29) is 11.8 Å². The molecule has 148 valence electrons. The first-order chi connectivity index (χ1) is 12.9. The molecule has 3 aliphatic rings. The van der Waals surface area contributed by atoms with E-state index in [1.54, 1.807) is 6.07 Å². The SMILES string of the molecule is O=C(NCCc1cccc(C(F)(F)F)c1)C1[C@H]2CN(C3CCCCC3)C[C@@H]12. The number of carbonyl (C=O) groups excluding carboxylic acids is 1. The number of piperidine rings is 1. The second-order valence-corrected chi connectivity index (χ2v) is 8.34. The largest absolute Gasteiger partial charge is 0.416 e. The first kappa shape index (κ1) is 18.8. The van der Waals surface area contributed by atoms with Crippen LogP contribution in [0.3, 0.4) is 0 Å². The van der Waals surface area contributed by atoms with E-state index in [9.17, 15) is 18.0 Å². The quantitative estimate of drug-likeness (QED) is 0.841. The molecule has 1 saturated heterocycles. The molecule has 6 heteroatoms. The van der Waals surface area contributed by atoms with Crippen molar-refractivity contribution < 1.29 is 18.0 Å². The number of rotatable bonds is 5. The van der Waals surface area contributed by atoms with E-state index in [1.165, 1.54) is 44.2 Å². The van der Waals surface area contributed by atoms with Crippen LogP contribution < -0.4 is 5.32 Å². The fraction of sp³-hybridized carbons (Fsp3) is 0.667. The minimum atomic E-state index is -4.32. The normalized spacial score (nSPS) is 28.8. The van der Waals surface area contributed by atoms with Gasteiger partial charge in [-0.1, -0.05) is 37.5 Å². The highest BCUT2D eigenvalue weighted by Gasteiger charge is 2.59. The van der Waals surface area contributed by atoms with E-state index >= 15 is 0 Å². The number of halogens is 3. The molecule has 0 bridgehead atoms. The molecule has 4 rings (SSSR count). The molecule has 1 N–H and O–H groups in total. The van der Waals surface area contributed by atoms with Crippen LogP contribution in [0.1, 0.15) is 43.2 Å². The van der Waals surface area contributed by atoms with Crippen molar-refractivity contribution in [1.29, 1.82) is 0 Å². The van der Waals surface area contributed by atoms with Crippen molar-refractivity contribution in [3.8, 4) is 0 Å². The van der Waals surface area contributed by atoms with Crippen LogP contribution in [0.2, 0.25) is 0 Å². The molecular weight excluding hydrogens is 353 g/mol. The molecule has 0 radical (unpaired) electrons. The molecule has 27 heavy (non-hydrogen) atoms. The van der Waals surface area contributed by atoms with Gasteiger partial charge in [-0.05, 0) is 42.7 Å². The van der Waals surface area contributed by atoms with Crippen molar-refractivity contribution in [2.45, 2.75) is 50.7 Å². The molecule has 3 nitrogen and oxygen atoms in total. The summed E-state index contributed by atoms with van der Waals surface area (Å²) in [6.45, 7) is 2.48. The lowest BCUT2D eigenvalue weighted by Gasteiger charge is -2.32. The Kier molecular flexibility index (Phi) is 5.19. The van der Waals surface area contributed by atoms with E-state index in [4.69, 9.17) is 0 Å². The van der Waals surface area contributed by atoms with Crippen molar-refractivity contribution in [3.63, 3.8) is 0 Å². The first-order valence-corrected chi connectivity index (χ1v) is 10.1. The molecule has 2 saturated carbocycles. The summed E-state index contributed by atoms with van der Waals surface area (Å²) in [7, 11) is 0. The Bertz CT molecular complexity index is 672. The number of amides is 1. The van der Waals surface area contributed by atoms with Crippen LogP contribution in [-0.2, 0) is 17.4 Å². The Morgan fingerprint density at radius 3 is 2.48 bits per heavy atom. The molecule has 3 fully saturated rings. The fourth-order valence-corrected chi connectivity index (χ4v) is 5.04. The molecule has 0 aromatic heterocycles. The van der Waals surface area contributed by atoms with Crippen LogP contribution in [0, 0.1) is 17.8 Å². The predicted molar refractivity (Wildman–Crippen MR) is 97.1 cm³/mol. The Morgan fingerprint density at radius 1 is 1.11 bits per heavy atom. The number of alkyl halides is 3. The van der Waals surface area contributed by atoms with Gasteiger partial charge in [0.05, 0.1) is 5.56 Å². The number of hydrogen-bond donors (Lipinski definition) is 1. The van der Waals surface area contributed by atoms with Gasteiger partial charge in [0.1, 0.15) is 0 Å². The van der Waals surface area contributed by atoms with Gasteiger partial charge in [0, 0.05) is 31.6 Å². The highest BCUT2D eigenvalue weighted by atomic mass is 19.4. The maximum atomic E-state index is 12.8. The van der Waals surface area contributed by atoms with Gasteiger partial charge in [-0.3, -0.25) is 9.69 Å². The fourth-order valence-electron chi connectivity index (χ4n) is 5.04. The summed E-state index contributed by atoms with van der Waals surface area (Å²) in [5.74, 6) is 1.17. The Labute approximate surface area is 158 Å². The number of fused-ring (bicyclic) bond motifs is 1. The summed E-state index contributed by atoms with van der Waals surface area (Å²) in [6, 6.07) is 6.06. The molecule has 1 aromatic carbocycles.